The van der Waals surface area contributed by atoms with E-state index in [1.807, 2.05) is 0 Å². The molecule has 0 bridgehead atoms. The molecule has 0 aromatic carbocycles. The maximum absolute atomic E-state index is 2.48. The highest BCUT2D eigenvalue weighted by molar-refractivity contribution is 5.01. The van der Waals surface area contributed by atoms with Gasteiger partial charge in [0.25, 0.3) is 0 Å². The van der Waals surface area contributed by atoms with Crippen LogP contribution in [-0.4, -0.2) is 0 Å². The highest BCUT2D eigenvalue weighted by atomic mass is 14.3. The molecule has 1 unspecified atom stereocenters. The Morgan fingerprint density at radius 1 is 1.09 bits per heavy atom. The lowest BCUT2D eigenvalue weighted by Crippen LogP contribution is -2.22. The van der Waals surface area contributed by atoms with E-state index in [9.17, 15) is 0 Å². The first-order chi connectivity index (χ1) is 5.36. The van der Waals surface area contributed by atoms with Gasteiger partial charge >= 0.3 is 0 Å². The topological polar surface area (TPSA) is 0 Å². The Kier molecular flexibility index (Phi) is 2.02. The van der Waals surface area contributed by atoms with Crippen LogP contribution >= 0.6 is 0 Å². The summed E-state index contributed by atoms with van der Waals surface area (Å²) >= 11 is 0. The molecule has 62 valence electrons. The molecule has 0 saturated heterocycles. The third kappa shape index (κ3) is 1.50. The van der Waals surface area contributed by atoms with Crippen LogP contribution < -0.4 is 0 Å². The SMILES string of the molecule is C[C@H]1C=C[C@H]2CCCCC2C1. The van der Waals surface area contributed by atoms with Gasteiger partial charge in [-0.3, -0.25) is 0 Å². The van der Waals surface area contributed by atoms with Crippen LogP contribution in [-0.2, 0) is 0 Å². The van der Waals surface area contributed by atoms with Crippen molar-refractivity contribution >= 4 is 0 Å². The molecule has 0 N–H and O–H groups in total. The van der Waals surface area contributed by atoms with E-state index in [-0.39, 0.29) is 0 Å². The summed E-state index contributed by atoms with van der Waals surface area (Å²) in [6.07, 6.45) is 12.3. The average Bonchev–Trinajstić information content (AvgIpc) is 2.04. The molecule has 0 spiro atoms. The zero-order valence-corrected chi connectivity index (χ0v) is 7.42. The summed E-state index contributed by atoms with van der Waals surface area (Å²) < 4.78 is 0. The van der Waals surface area contributed by atoms with E-state index in [0.717, 1.165) is 17.8 Å². The van der Waals surface area contributed by atoms with Crippen LogP contribution in [0.3, 0.4) is 0 Å². The average molecular weight is 150 g/mol. The quantitative estimate of drug-likeness (QED) is 0.464. The number of rotatable bonds is 0. The van der Waals surface area contributed by atoms with Gasteiger partial charge in [0.2, 0.25) is 0 Å². The second kappa shape index (κ2) is 3.00. The van der Waals surface area contributed by atoms with Crippen LogP contribution in [0.4, 0.5) is 0 Å². The molecule has 2 aliphatic carbocycles. The zero-order chi connectivity index (χ0) is 7.68. The maximum Gasteiger partial charge on any atom is -0.0205 e. The lowest BCUT2D eigenvalue weighted by atomic mass is 9.72. The molecule has 3 atom stereocenters. The van der Waals surface area contributed by atoms with Crippen molar-refractivity contribution in [2.45, 2.75) is 39.0 Å². The predicted octanol–water partition coefficient (Wildman–Crippen LogP) is 3.39. The highest BCUT2D eigenvalue weighted by Crippen LogP contribution is 2.38. The Labute approximate surface area is 69.7 Å². The summed E-state index contributed by atoms with van der Waals surface area (Å²) in [6.45, 7) is 2.35. The molecule has 0 nitrogen and oxygen atoms in total. The Morgan fingerprint density at radius 2 is 1.91 bits per heavy atom. The maximum atomic E-state index is 2.48. The smallest absolute Gasteiger partial charge is 0.0205 e. The number of hydrogen-bond acceptors (Lipinski definition) is 0. The van der Waals surface area contributed by atoms with Crippen molar-refractivity contribution in [3.8, 4) is 0 Å². The lowest BCUT2D eigenvalue weighted by molar-refractivity contribution is 0.236. The Hall–Kier alpha value is -0.260. The second-order valence-corrected chi connectivity index (χ2v) is 4.31. The Balaban J connectivity index is 2.05. The van der Waals surface area contributed by atoms with Crippen LogP contribution in [0.1, 0.15) is 39.0 Å². The van der Waals surface area contributed by atoms with Crippen molar-refractivity contribution in [1.82, 2.24) is 0 Å². The molecular formula is C11H18. The van der Waals surface area contributed by atoms with Crippen LogP contribution in [0, 0.1) is 17.8 Å². The van der Waals surface area contributed by atoms with Crippen molar-refractivity contribution in [1.29, 1.82) is 0 Å². The van der Waals surface area contributed by atoms with Gasteiger partial charge in [0.1, 0.15) is 0 Å². The molecule has 0 aromatic rings. The van der Waals surface area contributed by atoms with E-state index in [2.05, 4.69) is 19.1 Å². The molecular weight excluding hydrogens is 132 g/mol. The fourth-order valence-electron chi connectivity index (χ4n) is 2.67. The number of allylic oxidation sites excluding steroid dienone is 2. The summed E-state index contributed by atoms with van der Waals surface area (Å²) in [5.74, 6) is 2.86. The van der Waals surface area contributed by atoms with Gasteiger partial charge < -0.3 is 0 Å². The predicted molar refractivity (Wildman–Crippen MR) is 48.4 cm³/mol. The van der Waals surface area contributed by atoms with Gasteiger partial charge in [-0.25, -0.2) is 0 Å². The summed E-state index contributed by atoms with van der Waals surface area (Å²) in [5.41, 5.74) is 0. The van der Waals surface area contributed by atoms with E-state index in [1.54, 1.807) is 0 Å². The molecule has 0 amide bonds. The van der Waals surface area contributed by atoms with Gasteiger partial charge in [0, 0.05) is 0 Å². The second-order valence-electron chi connectivity index (χ2n) is 4.31. The van der Waals surface area contributed by atoms with Gasteiger partial charge in [0.15, 0.2) is 0 Å². The first kappa shape index (κ1) is 7.39. The fourth-order valence-corrected chi connectivity index (χ4v) is 2.67. The van der Waals surface area contributed by atoms with Crippen LogP contribution in [0.15, 0.2) is 12.2 Å². The molecule has 0 radical (unpaired) electrons. The van der Waals surface area contributed by atoms with Crippen molar-refractivity contribution in [2.24, 2.45) is 17.8 Å². The fraction of sp³-hybridized carbons (Fsp3) is 0.818. The summed E-state index contributed by atoms with van der Waals surface area (Å²) in [4.78, 5) is 0. The van der Waals surface area contributed by atoms with E-state index >= 15 is 0 Å². The van der Waals surface area contributed by atoms with Gasteiger partial charge in [-0.15, -0.1) is 0 Å². The van der Waals surface area contributed by atoms with Crippen molar-refractivity contribution < 1.29 is 0 Å². The molecule has 0 aromatic heterocycles. The van der Waals surface area contributed by atoms with Crippen LogP contribution in [0.5, 0.6) is 0 Å². The van der Waals surface area contributed by atoms with Crippen molar-refractivity contribution in [3.63, 3.8) is 0 Å². The molecule has 0 aliphatic heterocycles. The molecule has 0 heterocycles. The first-order valence-electron chi connectivity index (χ1n) is 5.04. The molecule has 2 aliphatic rings. The normalized spacial score (nSPS) is 43.5. The van der Waals surface area contributed by atoms with Crippen molar-refractivity contribution in [3.05, 3.63) is 12.2 Å². The minimum Gasteiger partial charge on any atom is -0.0854 e. The van der Waals surface area contributed by atoms with E-state index in [0.29, 0.717) is 0 Å². The van der Waals surface area contributed by atoms with E-state index in [1.165, 1.54) is 32.1 Å². The monoisotopic (exact) mass is 150 g/mol. The Morgan fingerprint density at radius 3 is 2.82 bits per heavy atom. The van der Waals surface area contributed by atoms with Gasteiger partial charge in [-0.1, -0.05) is 31.9 Å². The highest BCUT2D eigenvalue weighted by Gasteiger charge is 2.26. The third-order valence-electron chi connectivity index (χ3n) is 3.33. The third-order valence-corrected chi connectivity index (χ3v) is 3.33. The lowest BCUT2D eigenvalue weighted by Gasteiger charge is -2.34. The number of fused-ring (bicyclic) bond motifs is 1. The van der Waals surface area contributed by atoms with Gasteiger partial charge in [-0.05, 0) is 37.0 Å². The number of hydrogen-bond donors (Lipinski definition) is 0. The molecule has 1 saturated carbocycles. The van der Waals surface area contributed by atoms with Crippen LogP contribution in [0.2, 0.25) is 0 Å². The molecule has 1 fully saturated rings. The van der Waals surface area contributed by atoms with Crippen molar-refractivity contribution in [2.75, 3.05) is 0 Å². The van der Waals surface area contributed by atoms with E-state index in [4.69, 9.17) is 0 Å². The molecule has 0 heteroatoms. The van der Waals surface area contributed by atoms with Gasteiger partial charge in [0.05, 0.1) is 0 Å². The minimum absolute atomic E-state index is 0.856. The van der Waals surface area contributed by atoms with E-state index < -0.39 is 0 Å². The molecule has 2 rings (SSSR count). The zero-order valence-electron chi connectivity index (χ0n) is 7.42. The summed E-state index contributed by atoms with van der Waals surface area (Å²) in [5, 5.41) is 0. The summed E-state index contributed by atoms with van der Waals surface area (Å²) in [6, 6.07) is 0. The standard InChI is InChI=1S/C11H18/c1-9-6-7-10-4-2-3-5-11(10)8-9/h6-7,9-11H,2-5,8H2,1H3/t9-,10+,11?/m0/s1. The molecule has 11 heavy (non-hydrogen) atoms. The van der Waals surface area contributed by atoms with Gasteiger partial charge in [-0.2, -0.15) is 0 Å². The first-order valence-corrected chi connectivity index (χ1v) is 5.04. The Bertz CT molecular complexity index is 157. The van der Waals surface area contributed by atoms with Crippen LogP contribution in [0.25, 0.3) is 0 Å². The summed E-state index contributed by atoms with van der Waals surface area (Å²) in [7, 11) is 0. The minimum atomic E-state index is 0.856. The largest absolute Gasteiger partial charge is 0.0854 e.